The molecule has 0 saturated heterocycles. The van der Waals surface area contributed by atoms with Crippen molar-refractivity contribution in [3.8, 4) is 11.5 Å². The monoisotopic (exact) mass is 392 g/mol. The molecule has 0 bridgehead atoms. The zero-order chi connectivity index (χ0) is 19.5. The van der Waals surface area contributed by atoms with E-state index in [2.05, 4.69) is 15.2 Å². The lowest BCUT2D eigenvalue weighted by Gasteiger charge is -2.20. The van der Waals surface area contributed by atoms with Crippen molar-refractivity contribution in [1.82, 2.24) is 20.1 Å². The number of hydrogen-bond donors (Lipinski definition) is 1. The van der Waals surface area contributed by atoms with Gasteiger partial charge < -0.3 is 14.3 Å². The second-order valence-corrected chi connectivity index (χ2v) is 7.85. The van der Waals surface area contributed by atoms with Gasteiger partial charge in [0.05, 0.1) is 10.8 Å². The molecule has 4 aromatic rings. The minimum absolute atomic E-state index is 0.0145. The van der Waals surface area contributed by atoms with Crippen molar-refractivity contribution in [2.24, 2.45) is 0 Å². The van der Waals surface area contributed by atoms with Gasteiger partial charge in [0.15, 0.2) is 0 Å². The van der Waals surface area contributed by atoms with Gasteiger partial charge in [0, 0.05) is 30.7 Å². The Morgan fingerprint density at radius 2 is 1.89 bits per heavy atom. The van der Waals surface area contributed by atoms with Crippen LogP contribution in [0.5, 0.6) is 0 Å². The molecule has 4 rings (SSSR count). The van der Waals surface area contributed by atoms with Gasteiger partial charge in [-0.25, -0.2) is 0 Å². The largest absolute Gasteiger partial charge is 0.411 e. The second kappa shape index (κ2) is 7.90. The standard InChI is InChI=1S/C21H20N4O2S/c1-14(20(26)25(2)13-15-8-4-3-5-9-15)28-21-24-23-19(27-21)17-12-22-18-11-7-6-10-16(17)18/h3-12,14,22H,13H2,1-2H3/t14-/m0/s1. The zero-order valence-electron chi connectivity index (χ0n) is 15.6. The number of para-hydroxylation sites is 1. The minimum Gasteiger partial charge on any atom is -0.411 e. The molecule has 0 saturated carbocycles. The SMILES string of the molecule is C[C@H](Sc1nnc(-c2c[nH]c3ccccc23)o1)C(=O)N(C)Cc1ccccc1. The molecule has 28 heavy (non-hydrogen) atoms. The number of rotatable bonds is 6. The summed E-state index contributed by atoms with van der Waals surface area (Å²) in [4.78, 5) is 17.6. The van der Waals surface area contributed by atoms with Crippen molar-refractivity contribution in [1.29, 1.82) is 0 Å². The molecule has 1 N–H and O–H groups in total. The molecule has 0 unspecified atom stereocenters. The van der Waals surface area contributed by atoms with Crippen LogP contribution in [0.15, 0.2) is 70.4 Å². The lowest BCUT2D eigenvalue weighted by molar-refractivity contribution is -0.129. The molecule has 0 spiro atoms. The summed E-state index contributed by atoms with van der Waals surface area (Å²) in [6.07, 6.45) is 1.86. The van der Waals surface area contributed by atoms with Gasteiger partial charge in [0.1, 0.15) is 0 Å². The van der Waals surface area contributed by atoms with Crippen LogP contribution in [0, 0.1) is 0 Å². The van der Waals surface area contributed by atoms with Crippen molar-refractivity contribution in [2.45, 2.75) is 23.9 Å². The summed E-state index contributed by atoms with van der Waals surface area (Å²) >= 11 is 1.27. The van der Waals surface area contributed by atoms with Crippen LogP contribution in [0.1, 0.15) is 12.5 Å². The Labute approximate surface area is 167 Å². The topological polar surface area (TPSA) is 75.0 Å². The Kier molecular flexibility index (Phi) is 5.16. The van der Waals surface area contributed by atoms with E-state index in [9.17, 15) is 4.79 Å². The third-order valence-electron chi connectivity index (χ3n) is 4.49. The van der Waals surface area contributed by atoms with Gasteiger partial charge in [-0.15, -0.1) is 10.2 Å². The third-order valence-corrected chi connectivity index (χ3v) is 5.41. The first-order valence-corrected chi connectivity index (χ1v) is 9.85. The first-order chi connectivity index (χ1) is 13.6. The number of aromatic nitrogens is 3. The molecule has 142 valence electrons. The second-order valence-electron chi connectivity index (χ2n) is 6.56. The van der Waals surface area contributed by atoms with Gasteiger partial charge in [-0.05, 0) is 18.6 Å². The van der Waals surface area contributed by atoms with Crippen LogP contribution in [-0.2, 0) is 11.3 Å². The Hall–Kier alpha value is -3.06. The lowest BCUT2D eigenvalue weighted by Crippen LogP contribution is -2.32. The molecule has 1 amide bonds. The molecular formula is C21H20N4O2S. The maximum Gasteiger partial charge on any atom is 0.277 e. The average molecular weight is 392 g/mol. The number of benzene rings is 2. The number of thioether (sulfide) groups is 1. The molecule has 0 fully saturated rings. The van der Waals surface area contributed by atoms with E-state index in [0.29, 0.717) is 17.7 Å². The molecule has 7 heteroatoms. The number of nitrogens with zero attached hydrogens (tertiary/aromatic N) is 3. The smallest absolute Gasteiger partial charge is 0.277 e. The van der Waals surface area contributed by atoms with Crippen LogP contribution in [0.4, 0.5) is 0 Å². The van der Waals surface area contributed by atoms with Crippen LogP contribution in [0.25, 0.3) is 22.4 Å². The molecule has 2 heterocycles. The van der Waals surface area contributed by atoms with E-state index >= 15 is 0 Å². The first-order valence-electron chi connectivity index (χ1n) is 8.97. The highest BCUT2D eigenvalue weighted by Gasteiger charge is 2.22. The Balaban J connectivity index is 1.44. The van der Waals surface area contributed by atoms with Gasteiger partial charge in [-0.2, -0.15) is 0 Å². The first kappa shape index (κ1) is 18.3. The van der Waals surface area contributed by atoms with E-state index in [4.69, 9.17) is 4.42 Å². The maximum atomic E-state index is 12.7. The fourth-order valence-electron chi connectivity index (χ4n) is 3.06. The molecular weight excluding hydrogens is 372 g/mol. The van der Waals surface area contributed by atoms with Crippen LogP contribution in [0.3, 0.4) is 0 Å². The van der Waals surface area contributed by atoms with Gasteiger partial charge in [0.25, 0.3) is 11.1 Å². The van der Waals surface area contributed by atoms with Gasteiger partial charge in [-0.3, -0.25) is 4.79 Å². The molecule has 0 aliphatic carbocycles. The van der Waals surface area contributed by atoms with Gasteiger partial charge in [0.2, 0.25) is 5.91 Å². The van der Waals surface area contributed by atoms with E-state index in [1.165, 1.54) is 11.8 Å². The molecule has 0 aliphatic heterocycles. The van der Waals surface area contributed by atoms with Crippen LogP contribution < -0.4 is 0 Å². The molecule has 6 nitrogen and oxygen atoms in total. The number of carbonyl (C=O) groups is 1. The fraction of sp³-hybridized carbons (Fsp3) is 0.190. The van der Waals surface area contributed by atoms with E-state index < -0.39 is 0 Å². The lowest BCUT2D eigenvalue weighted by atomic mass is 10.2. The van der Waals surface area contributed by atoms with Gasteiger partial charge >= 0.3 is 0 Å². The molecule has 2 aromatic carbocycles. The summed E-state index contributed by atoms with van der Waals surface area (Å²) in [6.45, 7) is 2.42. The summed E-state index contributed by atoms with van der Waals surface area (Å²) in [5.74, 6) is 0.456. The highest BCUT2D eigenvalue weighted by molar-refractivity contribution is 8.00. The maximum absolute atomic E-state index is 12.7. The predicted octanol–water partition coefficient (Wildman–Crippen LogP) is 4.36. The number of fused-ring (bicyclic) bond motifs is 1. The highest BCUT2D eigenvalue weighted by Crippen LogP contribution is 2.31. The number of aromatic amines is 1. The fourth-order valence-corrected chi connectivity index (χ4v) is 3.86. The van der Waals surface area contributed by atoms with Crippen LogP contribution in [0.2, 0.25) is 0 Å². The van der Waals surface area contributed by atoms with E-state index in [0.717, 1.165) is 22.0 Å². The number of H-pyrrole nitrogens is 1. The highest BCUT2D eigenvalue weighted by atomic mass is 32.2. The summed E-state index contributed by atoms with van der Waals surface area (Å²) in [6, 6.07) is 17.8. The van der Waals surface area contributed by atoms with Crippen molar-refractivity contribution in [2.75, 3.05) is 7.05 Å². The Bertz CT molecular complexity index is 1090. The van der Waals surface area contributed by atoms with Crippen molar-refractivity contribution in [3.63, 3.8) is 0 Å². The van der Waals surface area contributed by atoms with E-state index in [-0.39, 0.29) is 11.2 Å². The summed E-state index contributed by atoms with van der Waals surface area (Å²) in [5, 5.41) is 9.34. The minimum atomic E-state index is -0.329. The number of nitrogens with one attached hydrogen (secondary N) is 1. The van der Waals surface area contributed by atoms with Gasteiger partial charge in [-0.1, -0.05) is 60.3 Å². The van der Waals surface area contributed by atoms with E-state index in [1.807, 2.05) is 67.7 Å². The average Bonchev–Trinajstić information content (AvgIpc) is 3.34. The Morgan fingerprint density at radius 1 is 1.14 bits per heavy atom. The molecule has 0 aliphatic rings. The Morgan fingerprint density at radius 3 is 2.71 bits per heavy atom. The quantitative estimate of drug-likeness (QED) is 0.494. The van der Waals surface area contributed by atoms with Crippen molar-refractivity contribution >= 4 is 28.6 Å². The summed E-state index contributed by atoms with van der Waals surface area (Å²) in [5.41, 5.74) is 2.96. The number of hydrogen-bond acceptors (Lipinski definition) is 5. The van der Waals surface area contributed by atoms with Crippen LogP contribution >= 0.6 is 11.8 Å². The summed E-state index contributed by atoms with van der Waals surface area (Å²) in [7, 11) is 1.80. The third kappa shape index (κ3) is 3.80. The normalized spacial score (nSPS) is 12.2. The summed E-state index contributed by atoms with van der Waals surface area (Å²) < 4.78 is 5.80. The van der Waals surface area contributed by atoms with Crippen molar-refractivity contribution in [3.05, 3.63) is 66.4 Å². The molecule has 0 radical (unpaired) electrons. The van der Waals surface area contributed by atoms with E-state index in [1.54, 1.807) is 11.9 Å². The number of amides is 1. The molecule has 1 atom stereocenters. The van der Waals surface area contributed by atoms with Crippen LogP contribution in [-0.4, -0.2) is 38.3 Å². The van der Waals surface area contributed by atoms with Crippen molar-refractivity contribution < 1.29 is 9.21 Å². The zero-order valence-corrected chi connectivity index (χ0v) is 16.4. The number of carbonyl (C=O) groups excluding carboxylic acids is 1. The molecule has 2 aromatic heterocycles. The predicted molar refractivity (Wildman–Crippen MR) is 110 cm³/mol.